The van der Waals surface area contributed by atoms with E-state index in [1.165, 1.54) is 54.9 Å². The molecule has 34 heavy (non-hydrogen) atoms. The highest BCUT2D eigenvalue weighted by molar-refractivity contribution is 5.92. The van der Waals surface area contributed by atoms with Crippen LogP contribution in [0.1, 0.15) is 71.6 Å². The lowest BCUT2D eigenvalue weighted by atomic mass is 9.83. The van der Waals surface area contributed by atoms with Gasteiger partial charge in [-0.1, -0.05) is 56.9 Å². The molecule has 4 rings (SSSR count). The molecule has 0 aliphatic heterocycles. The number of esters is 1. The third-order valence-electron chi connectivity index (χ3n) is 6.37. The van der Waals surface area contributed by atoms with Crippen molar-refractivity contribution in [1.29, 1.82) is 5.26 Å². The van der Waals surface area contributed by atoms with Crippen LogP contribution >= 0.6 is 0 Å². The maximum Gasteiger partial charge on any atom is 0.343 e. The van der Waals surface area contributed by atoms with Crippen molar-refractivity contribution in [2.45, 2.75) is 58.3 Å². The van der Waals surface area contributed by atoms with Crippen LogP contribution < -0.4 is 4.74 Å². The van der Waals surface area contributed by atoms with Gasteiger partial charge in [-0.15, -0.1) is 0 Å². The van der Waals surface area contributed by atoms with Crippen molar-refractivity contribution in [3.63, 3.8) is 0 Å². The highest BCUT2D eigenvalue weighted by Crippen LogP contribution is 2.35. The number of aryl methyl sites for hydroxylation is 3. The molecule has 0 saturated heterocycles. The predicted molar refractivity (Wildman–Crippen MR) is 128 cm³/mol. The maximum atomic E-state index is 13.8. The van der Waals surface area contributed by atoms with Gasteiger partial charge in [-0.25, -0.2) is 13.6 Å². The summed E-state index contributed by atoms with van der Waals surface area (Å²) in [5.41, 5.74) is 5.66. The van der Waals surface area contributed by atoms with Crippen LogP contribution in [0.5, 0.6) is 5.75 Å². The molecule has 0 heterocycles. The highest BCUT2D eigenvalue weighted by Gasteiger charge is 2.20. The molecule has 0 radical (unpaired) electrons. The largest absolute Gasteiger partial charge is 0.423 e. The molecule has 0 bridgehead atoms. The summed E-state index contributed by atoms with van der Waals surface area (Å²) in [4.78, 5) is 12.6. The van der Waals surface area contributed by atoms with Crippen molar-refractivity contribution in [2.75, 3.05) is 0 Å². The summed E-state index contributed by atoms with van der Waals surface area (Å²) < 4.78 is 32.8. The zero-order valence-electron chi connectivity index (χ0n) is 19.3. The van der Waals surface area contributed by atoms with Gasteiger partial charge in [-0.2, -0.15) is 5.26 Å². The first-order chi connectivity index (χ1) is 16.5. The minimum atomic E-state index is -1.06. The third-order valence-corrected chi connectivity index (χ3v) is 6.37. The molecular formula is C29H27F2NO2. The molecule has 0 amide bonds. The van der Waals surface area contributed by atoms with Crippen LogP contribution in [0, 0.1) is 23.0 Å². The number of fused-ring (bicyclic) bond motifs is 3. The summed E-state index contributed by atoms with van der Waals surface area (Å²) >= 11 is 0. The summed E-state index contributed by atoms with van der Waals surface area (Å²) in [6, 6.07) is 15.2. The fraction of sp³-hybridized carbons (Fsp3) is 0.310. The van der Waals surface area contributed by atoms with Gasteiger partial charge in [0.1, 0.15) is 29.0 Å². The van der Waals surface area contributed by atoms with Gasteiger partial charge in [0, 0.05) is 12.1 Å². The van der Waals surface area contributed by atoms with Gasteiger partial charge in [0.15, 0.2) is 0 Å². The second kappa shape index (κ2) is 10.6. The topological polar surface area (TPSA) is 50.1 Å². The molecule has 0 fully saturated rings. The second-order valence-corrected chi connectivity index (χ2v) is 8.79. The summed E-state index contributed by atoms with van der Waals surface area (Å²) in [5.74, 6) is -3.10. The molecule has 5 heteroatoms. The van der Waals surface area contributed by atoms with E-state index in [2.05, 4.69) is 25.1 Å². The smallest absolute Gasteiger partial charge is 0.343 e. The Morgan fingerprint density at radius 2 is 1.56 bits per heavy atom. The molecule has 3 aromatic rings. The van der Waals surface area contributed by atoms with E-state index in [0.29, 0.717) is 5.56 Å². The van der Waals surface area contributed by atoms with Gasteiger partial charge in [0.25, 0.3) is 0 Å². The number of rotatable bonds is 8. The second-order valence-electron chi connectivity index (χ2n) is 8.79. The number of nitrogens with zero attached hydrogens (tertiary/aromatic N) is 1. The predicted octanol–water partition coefficient (Wildman–Crippen LogP) is 7.33. The fourth-order valence-electron chi connectivity index (χ4n) is 4.55. The number of nitriles is 1. The van der Waals surface area contributed by atoms with Crippen molar-refractivity contribution in [2.24, 2.45) is 0 Å². The van der Waals surface area contributed by atoms with Gasteiger partial charge in [-0.05, 0) is 65.6 Å². The van der Waals surface area contributed by atoms with Gasteiger partial charge < -0.3 is 4.74 Å². The number of halogens is 2. The molecule has 0 saturated carbocycles. The Bertz CT molecular complexity index is 1240. The van der Waals surface area contributed by atoms with Crippen molar-refractivity contribution >= 4 is 5.97 Å². The SMILES string of the molecule is CCCCCCCc1ccc2c(c1)CCc1cc(C(=O)Oc3cc(F)c(C#N)c(F)c3)ccc1-2. The monoisotopic (exact) mass is 459 g/mol. The summed E-state index contributed by atoms with van der Waals surface area (Å²) in [6.07, 6.45) is 9.16. The van der Waals surface area contributed by atoms with Crippen molar-refractivity contribution in [1.82, 2.24) is 0 Å². The molecule has 0 unspecified atom stereocenters. The van der Waals surface area contributed by atoms with E-state index in [0.717, 1.165) is 42.5 Å². The standard InChI is InChI=1S/C29H27F2NO2/c1-2-3-4-5-6-7-19-8-12-24-20(14-19)9-10-21-15-22(11-13-25(21)24)29(33)34-23-16-27(30)26(18-32)28(31)17-23/h8,11-17H,2-7,9-10H2,1H3. The van der Waals surface area contributed by atoms with Crippen LogP contribution in [0.15, 0.2) is 48.5 Å². The molecule has 1 aliphatic rings. The molecular weight excluding hydrogens is 432 g/mol. The number of benzene rings is 3. The fourth-order valence-corrected chi connectivity index (χ4v) is 4.55. The number of hydrogen-bond donors (Lipinski definition) is 0. The van der Waals surface area contributed by atoms with Gasteiger partial charge in [0.2, 0.25) is 0 Å². The minimum absolute atomic E-state index is 0.274. The number of hydrogen-bond acceptors (Lipinski definition) is 3. The summed E-state index contributed by atoms with van der Waals surface area (Å²) in [6.45, 7) is 2.23. The number of carbonyl (C=O) groups is 1. The van der Waals surface area contributed by atoms with Gasteiger partial charge >= 0.3 is 5.97 Å². The van der Waals surface area contributed by atoms with Gasteiger partial charge in [-0.3, -0.25) is 0 Å². The Morgan fingerprint density at radius 1 is 0.912 bits per heavy atom. The van der Waals surface area contributed by atoms with E-state index < -0.39 is 23.2 Å². The van der Waals surface area contributed by atoms with E-state index in [1.54, 1.807) is 12.1 Å². The maximum absolute atomic E-state index is 13.8. The lowest BCUT2D eigenvalue weighted by Gasteiger charge is -2.21. The van der Waals surface area contributed by atoms with E-state index in [1.807, 2.05) is 6.07 Å². The molecule has 3 nitrogen and oxygen atoms in total. The zero-order valence-corrected chi connectivity index (χ0v) is 19.3. The Balaban J connectivity index is 1.47. The summed E-state index contributed by atoms with van der Waals surface area (Å²) in [7, 11) is 0. The van der Waals surface area contributed by atoms with Crippen LogP contribution in [0.25, 0.3) is 11.1 Å². The number of carbonyl (C=O) groups excluding carboxylic acids is 1. The first-order valence-corrected chi connectivity index (χ1v) is 11.9. The van der Waals surface area contributed by atoms with Crippen LogP contribution in [-0.4, -0.2) is 5.97 Å². The molecule has 0 spiro atoms. The van der Waals surface area contributed by atoms with Crippen molar-refractivity contribution < 1.29 is 18.3 Å². The average Bonchev–Trinajstić information content (AvgIpc) is 2.83. The highest BCUT2D eigenvalue weighted by atomic mass is 19.1. The van der Waals surface area contributed by atoms with Crippen LogP contribution in [-0.2, 0) is 19.3 Å². The van der Waals surface area contributed by atoms with E-state index >= 15 is 0 Å². The van der Waals surface area contributed by atoms with E-state index in [9.17, 15) is 13.6 Å². The van der Waals surface area contributed by atoms with Crippen molar-refractivity contribution in [3.05, 3.63) is 88.0 Å². The Kier molecular flexibility index (Phi) is 7.37. The minimum Gasteiger partial charge on any atom is -0.423 e. The molecule has 1 aliphatic carbocycles. The zero-order chi connectivity index (χ0) is 24.1. The van der Waals surface area contributed by atoms with Crippen LogP contribution in [0.3, 0.4) is 0 Å². The number of ether oxygens (including phenoxy) is 1. The quantitative estimate of drug-likeness (QED) is 0.201. The lowest BCUT2D eigenvalue weighted by molar-refractivity contribution is 0.0734. The van der Waals surface area contributed by atoms with E-state index in [-0.39, 0.29) is 5.75 Å². The molecule has 174 valence electrons. The molecule has 0 atom stereocenters. The molecule has 3 aromatic carbocycles. The average molecular weight is 460 g/mol. The summed E-state index contributed by atoms with van der Waals surface area (Å²) in [5, 5.41) is 8.78. The van der Waals surface area contributed by atoms with Crippen molar-refractivity contribution in [3.8, 4) is 22.9 Å². The number of unbranched alkanes of at least 4 members (excludes halogenated alkanes) is 4. The Morgan fingerprint density at radius 3 is 2.24 bits per heavy atom. The van der Waals surface area contributed by atoms with Crippen LogP contribution in [0.2, 0.25) is 0 Å². The first kappa shape index (κ1) is 23.6. The molecule has 0 N–H and O–H groups in total. The lowest BCUT2D eigenvalue weighted by Crippen LogP contribution is -2.12. The Labute approximate surface area is 199 Å². The van der Waals surface area contributed by atoms with Crippen LogP contribution in [0.4, 0.5) is 8.78 Å². The van der Waals surface area contributed by atoms with E-state index in [4.69, 9.17) is 10.00 Å². The normalized spacial score (nSPS) is 11.9. The van der Waals surface area contributed by atoms with Gasteiger partial charge in [0.05, 0.1) is 5.56 Å². The Hall–Kier alpha value is -3.52. The first-order valence-electron chi connectivity index (χ1n) is 11.9. The third kappa shape index (κ3) is 5.17. The molecule has 0 aromatic heterocycles.